The zero-order valence-corrected chi connectivity index (χ0v) is 10.9. The lowest BCUT2D eigenvalue weighted by molar-refractivity contribution is -0.0298. The highest BCUT2D eigenvalue weighted by Crippen LogP contribution is 2.38. The van der Waals surface area contributed by atoms with Crippen molar-refractivity contribution in [3.8, 4) is 0 Å². The van der Waals surface area contributed by atoms with Gasteiger partial charge >= 0.3 is 0 Å². The minimum atomic E-state index is -0.795. The smallest absolute Gasteiger partial charge is 0.123 e. The number of nitrogens with two attached hydrogens (primary N) is 1. The van der Waals surface area contributed by atoms with Crippen LogP contribution in [0.1, 0.15) is 31.7 Å². The molecule has 0 unspecified atom stereocenters. The van der Waals surface area contributed by atoms with Crippen LogP contribution in [-0.4, -0.2) is 28.8 Å². The van der Waals surface area contributed by atoms with E-state index < -0.39 is 5.60 Å². The molecule has 0 saturated carbocycles. The van der Waals surface area contributed by atoms with Gasteiger partial charge in [0.25, 0.3) is 0 Å². The van der Waals surface area contributed by atoms with E-state index in [4.69, 9.17) is 5.84 Å². The summed E-state index contributed by atoms with van der Waals surface area (Å²) < 4.78 is 13.0. The predicted molar refractivity (Wildman–Crippen MR) is 69.3 cm³/mol. The Bertz CT molecular complexity index is 399. The zero-order chi connectivity index (χ0) is 13.3. The van der Waals surface area contributed by atoms with Gasteiger partial charge in [0, 0.05) is 19.0 Å². The van der Waals surface area contributed by atoms with Gasteiger partial charge in [0.2, 0.25) is 0 Å². The van der Waals surface area contributed by atoms with Crippen molar-refractivity contribution in [1.82, 2.24) is 5.01 Å². The van der Waals surface area contributed by atoms with Crippen molar-refractivity contribution in [2.24, 2.45) is 11.8 Å². The first-order chi connectivity index (χ1) is 8.38. The normalized spacial score (nSPS) is 26.3. The molecule has 0 bridgehead atoms. The topological polar surface area (TPSA) is 49.5 Å². The van der Waals surface area contributed by atoms with Gasteiger partial charge in [-0.05, 0) is 43.9 Å². The number of piperidine rings is 1. The molecule has 1 saturated heterocycles. The Morgan fingerprint density at radius 3 is 2.50 bits per heavy atom. The summed E-state index contributed by atoms with van der Waals surface area (Å²) in [5.41, 5.74) is 0.286. The minimum absolute atomic E-state index is 0.0571. The Morgan fingerprint density at radius 2 is 1.94 bits per heavy atom. The number of hydrogen-bond donors (Lipinski definition) is 2. The number of rotatable bonds is 2. The third-order valence-electron chi connectivity index (χ3n) is 3.85. The number of benzene rings is 1. The monoisotopic (exact) mass is 252 g/mol. The Morgan fingerprint density at radius 1 is 1.33 bits per heavy atom. The fourth-order valence-corrected chi connectivity index (χ4v) is 2.80. The summed E-state index contributed by atoms with van der Waals surface area (Å²) in [6, 6.07) is 6.58. The maximum atomic E-state index is 13.0. The van der Waals surface area contributed by atoms with Crippen LogP contribution >= 0.6 is 0 Å². The maximum Gasteiger partial charge on any atom is 0.123 e. The minimum Gasteiger partial charge on any atom is -0.390 e. The SMILES string of the molecule is CC(C)(O)[C@@H]1CN(N)CC[C@H]1c1ccc(F)cc1. The Hall–Kier alpha value is -0.970. The van der Waals surface area contributed by atoms with Crippen molar-refractivity contribution in [1.29, 1.82) is 0 Å². The van der Waals surface area contributed by atoms with Crippen LogP contribution in [0, 0.1) is 11.7 Å². The van der Waals surface area contributed by atoms with Crippen molar-refractivity contribution in [2.45, 2.75) is 31.8 Å². The van der Waals surface area contributed by atoms with Gasteiger partial charge < -0.3 is 5.11 Å². The third-order valence-corrected chi connectivity index (χ3v) is 3.85. The summed E-state index contributed by atoms with van der Waals surface area (Å²) in [4.78, 5) is 0. The highest BCUT2D eigenvalue weighted by atomic mass is 19.1. The molecule has 1 aromatic carbocycles. The van der Waals surface area contributed by atoms with Crippen molar-refractivity contribution in [3.63, 3.8) is 0 Å². The number of hydrazine groups is 1. The Labute approximate surface area is 107 Å². The second-order valence-corrected chi connectivity index (χ2v) is 5.70. The van der Waals surface area contributed by atoms with E-state index in [1.54, 1.807) is 5.01 Å². The molecule has 3 N–H and O–H groups in total. The molecular formula is C14H21FN2O. The molecule has 18 heavy (non-hydrogen) atoms. The molecule has 2 atom stereocenters. The van der Waals surface area contributed by atoms with Gasteiger partial charge in [-0.25, -0.2) is 9.40 Å². The number of hydrogen-bond acceptors (Lipinski definition) is 3. The van der Waals surface area contributed by atoms with E-state index in [0.29, 0.717) is 6.54 Å². The molecule has 1 aliphatic rings. The molecule has 2 rings (SSSR count). The third kappa shape index (κ3) is 2.88. The van der Waals surface area contributed by atoms with Crippen LogP contribution in [0.15, 0.2) is 24.3 Å². The summed E-state index contributed by atoms with van der Waals surface area (Å²) in [5.74, 6) is 5.91. The molecule has 1 aliphatic heterocycles. The van der Waals surface area contributed by atoms with E-state index >= 15 is 0 Å². The lowest BCUT2D eigenvalue weighted by Crippen LogP contribution is -2.50. The fraction of sp³-hybridized carbons (Fsp3) is 0.571. The van der Waals surface area contributed by atoms with Crippen molar-refractivity contribution in [2.75, 3.05) is 13.1 Å². The molecule has 1 fully saturated rings. The van der Waals surface area contributed by atoms with Crippen LogP contribution in [0.3, 0.4) is 0 Å². The van der Waals surface area contributed by atoms with Gasteiger partial charge in [-0.15, -0.1) is 0 Å². The molecule has 100 valence electrons. The fourth-order valence-electron chi connectivity index (χ4n) is 2.80. The molecule has 1 heterocycles. The molecule has 0 aliphatic carbocycles. The molecule has 0 spiro atoms. The zero-order valence-electron chi connectivity index (χ0n) is 10.9. The average molecular weight is 252 g/mol. The van der Waals surface area contributed by atoms with Crippen LogP contribution in [0.2, 0.25) is 0 Å². The summed E-state index contributed by atoms with van der Waals surface area (Å²) in [6.45, 7) is 5.08. The molecular weight excluding hydrogens is 231 g/mol. The number of aliphatic hydroxyl groups is 1. The predicted octanol–water partition coefficient (Wildman–Crippen LogP) is 1.88. The number of nitrogens with zero attached hydrogens (tertiary/aromatic N) is 1. The summed E-state index contributed by atoms with van der Waals surface area (Å²) in [6.07, 6.45) is 0.886. The first-order valence-corrected chi connectivity index (χ1v) is 6.35. The average Bonchev–Trinajstić information content (AvgIpc) is 2.29. The van der Waals surface area contributed by atoms with Gasteiger partial charge in [0.1, 0.15) is 5.82 Å². The molecule has 4 heteroatoms. The van der Waals surface area contributed by atoms with Gasteiger partial charge in [0.15, 0.2) is 0 Å². The second kappa shape index (κ2) is 4.96. The van der Waals surface area contributed by atoms with E-state index in [2.05, 4.69) is 0 Å². The maximum absolute atomic E-state index is 13.0. The second-order valence-electron chi connectivity index (χ2n) is 5.70. The van der Waals surface area contributed by atoms with Crippen LogP contribution in [0.5, 0.6) is 0 Å². The Balaban J connectivity index is 2.26. The first kappa shape index (κ1) is 13.5. The van der Waals surface area contributed by atoms with Crippen LogP contribution in [0.25, 0.3) is 0 Å². The van der Waals surface area contributed by atoms with E-state index in [1.807, 2.05) is 26.0 Å². The van der Waals surface area contributed by atoms with Crippen LogP contribution < -0.4 is 5.84 Å². The molecule has 0 aromatic heterocycles. The van der Waals surface area contributed by atoms with E-state index in [0.717, 1.165) is 18.5 Å². The molecule has 1 aromatic rings. The van der Waals surface area contributed by atoms with Crippen LogP contribution in [-0.2, 0) is 0 Å². The van der Waals surface area contributed by atoms with Crippen molar-refractivity contribution in [3.05, 3.63) is 35.6 Å². The highest BCUT2D eigenvalue weighted by Gasteiger charge is 2.38. The van der Waals surface area contributed by atoms with Gasteiger partial charge in [-0.1, -0.05) is 12.1 Å². The quantitative estimate of drug-likeness (QED) is 0.790. The van der Waals surface area contributed by atoms with Gasteiger partial charge in [0.05, 0.1) is 5.60 Å². The number of halogens is 1. The molecule has 3 nitrogen and oxygen atoms in total. The van der Waals surface area contributed by atoms with Gasteiger partial charge in [-0.3, -0.25) is 5.84 Å². The van der Waals surface area contributed by atoms with Crippen LogP contribution in [0.4, 0.5) is 4.39 Å². The van der Waals surface area contributed by atoms with E-state index in [1.165, 1.54) is 12.1 Å². The summed E-state index contributed by atoms with van der Waals surface area (Å²) in [5, 5.41) is 12.0. The Kier molecular flexibility index (Phi) is 3.71. The largest absolute Gasteiger partial charge is 0.390 e. The van der Waals surface area contributed by atoms with E-state index in [-0.39, 0.29) is 17.7 Å². The summed E-state index contributed by atoms with van der Waals surface area (Å²) in [7, 11) is 0. The summed E-state index contributed by atoms with van der Waals surface area (Å²) >= 11 is 0. The highest BCUT2D eigenvalue weighted by molar-refractivity contribution is 5.23. The van der Waals surface area contributed by atoms with Gasteiger partial charge in [-0.2, -0.15) is 0 Å². The first-order valence-electron chi connectivity index (χ1n) is 6.35. The lowest BCUT2D eigenvalue weighted by Gasteiger charge is -2.42. The van der Waals surface area contributed by atoms with Crippen molar-refractivity contribution < 1.29 is 9.50 Å². The lowest BCUT2D eigenvalue weighted by atomic mass is 9.73. The molecule has 0 amide bonds. The van der Waals surface area contributed by atoms with Crippen molar-refractivity contribution >= 4 is 0 Å². The molecule has 0 radical (unpaired) electrons. The standard InChI is InChI=1S/C14H21FN2O/c1-14(2,18)13-9-17(16)8-7-12(13)10-3-5-11(15)6-4-10/h3-6,12-13,18H,7-9,16H2,1-2H3/t12-,13+/m0/s1. The van der Waals surface area contributed by atoms with E-state index in [9.17, 15) is 9.50 Å².